The first kappa shape index (κ1) is 17.2. The Morgan fingerprint density at radius 3 is 2.57 bits per heavy atom. The van der Waals surface area contributed by atoms with E-state index in [0.29, 0.717) is 5.78 Å². The molecule has 1 N–H and O–H groups in total. The van der Waals surface area contributed by atoms with Gasteiger partial charge in [-0.15, -0.1) is 10.2 Å². The molecule has 0 atom stereocenters. The fourth-order valence-electron chi connectivity index (χ4n) is 2.37. The summed E-state index contributed by atoms with van der Waals surface area (Å²) in [7, 11) is 0. The molecule has 5 nitrogen and oxygen atoms in total. The van der Waals surface area contributed by atoms with Crippen molar-refractivity contribution in [2.45, 2.75) is 40.0 Å². The summed E-state index contributed by atoms with van der Waals surface area (Å²) in [6, 6.07) is 9.52. The number of nitrogens with one attached hydrogen (secondary N) is 1. The molecule has 0 aliphatic heterocycles. The van der Waals surface area contributed by atoms with Crippen LogP contribution in [0.5, 0.6) is 0 Å². The van der Waals surface area contributed by atoms with E-state index in [1.54, 1.807) is 6.07 Å². The van der Waals surface area contributed by atoms with Gasteiger partial charge in [-0.2, -0.15) is 0 Å². The maximum Gasteiger partial charge on any atom is 0.252 e. The second-order valence-corrected chi connectivity index (χ2v) is 5.63. The zero-order chi connectivity index (χ0) is 16.8. The number of aromatic nitrogens is 4. The van der Waals surface area contributed by atoms with Crippen LogP contribution in [-0.4, -0.2) is 19.6 Å². The molecule has 2 heterocycles. The monoisotopic (exact) mass is 332 g/mol. The van der Waals surface area contributed by atoms with Crippen LogP contribution in [0.2, 0.25) is 5.02 Å². The van der Waals surface area contributed by atoms with Gasteiger partial charge in [0, 0.05) is 16.8 Å². The molecule has 122 valence electrons. The van der Waals surface area contributed by atoms with Crippen LogP contribution in [-0.2, 0) is 12.8 Å². The van der Waals surface area contributed by atoms with Gasteiger partial charge in [-0.25, -0.2) is 0 Å². The Morgan fingerprint density at radius 1 is 1.22 bits per heavy atom. The van der Waals surface area contributed by atoms with Gasteiger partial charge in [-0.1, -0.05) is 50.1 Å². The largest absolute Gasteiger partial charge is 0.291 e. The zero-order valence-electron chi connectivity index (χ0n) is 13.6. The van der Waals surface area contributed by atoms with E-state index in [2.05, 4.69) is 29.0 Å². The molecule has 2 aromatic heterocycles. The summed E-state index contributed by atoms with van der Waals surface area (Å²) in [6.07, 6.45) is 2.87. The zero-order valence-corrected chi connectivity index (χ0v) is 14.4. The van der Waals surface area contributed by atoms with Crippen LogP contribution in [0.4, 0.5) is 0 Å². The number of fused-ring (bicyclic) bond motifs is 1. The number of aryl methyl sites for hydroxylation is 3. The smallest absolute Gasteiger partial charge is 0.252 e. The minimum absolute atomic E-state index is 0.117. The molecule has 0 aliphatic carbocycles. The summed E-state index contributed by atoms with van der Waals surface area (Å²) in [5, 5.41) is 8.68. The Bertz CT molecular complexity index is 838. The third-order valence-electron chi connectivity index (χ3n) is 3.49. The molecule has 0 aliphatic rings. The minimum Gasteiger partial charge on any atom is -0.291 e. The fraction of sp³-hybridized carbons (Fsp3) is 0.353. The van der Waals surface area contributed by atoms with Gasteiger partial charge in [0.25, 0.3) is 5.56 Å². The molecule has 0 amide bonds. The highest BCUT2D eigenvalue weighted by Gasteiger charge is 2.06. The molecular weight excluding hydrogens is 312 g/mol. The van der Waals surface area contributed by atoms with Gasteiger partial charge >= 0.3 is 0 Å². The van der Waals surface area contributed by atoms with Crippen LogP contribution in [0, 0.1) is 6.92 Å². The molecule has 0 saturated carbocycles. The topological polar surface area (TPSA) is 63.0 Å². The maximum absolute atomic E-state index is 11.3. The third kappa shape index (κ3) is 4.20. The molecule has 0 saturated heterocycles. The van der Waals surface area contributed by atoms with Gasteiger partial charge in [0.15, 0.2) is 0 Å². The second-order valence-electron chi connectivity index (χ2n) is 5.23. The molecule has 0 unspecified atom stereocenters. The number of hydrogen-bond acceptors (Lipinski definition) is 3. The van der Waals surface area contributed by atoms with Crippen molar-refractivity contribution in [1.29, 1.82) is 0 Å². The normalized spacial score (nSPS) is 10.4. The summed E-state index contributed by atoms with van der Waals surface area (Å²) in [5.74, 6) is 1.33. The van der Waals surface area contributed by atoms with Gasteiger partial charge < -0.3 is 0 Å². The highest BCUT2D eigenvalue weighted by atomic mass is 35.5. The van der Waals surface area contributed by atoms with Crippen LogP contribution in [0.15, 0.2) is 35.1 Å². The number of benzene rings is 1. The quantitative estimate of drug-likeness (QED) is 0.797. The number of halogens is 1. The van der Waals surface area contributed by atoms with Crippen molar-refractivity contribution in [3.05, 3.63) is 62.8 Å². The second kappa shape index (κ2) is 7.92. The van der Waals surface area contributed by atoms with Crippen LogP contribution in [0.1, 0.15) is 37.4 Å². The Labute approximate surface area is 140 Å². The average Bonchev–Trinajstić information content (AvgIpc) is 2.90. The lowest BCUT2D eigenvalue weighted by Gasteiger charge is -2.02. The Kier molecular flexibility index (Phi) is 5.93. The molecule has 1 aromatic carbocycles. The molecule has 3 aromatic rings. The van der Waals surface area contributed by atoms with Gasteiger partial charge in [0.1, 0.15) is 5.82 Å². The van der Waals surface area contributed by atoms with Gasteiger partial charge in [0.05, 0.1) is 0 Å². The van der Waals surface area contributed by atoms with Crippen LogP contribution < -0.4 is 5.56 Å². The SMILES string of the molecule is CCCc1cc(=O)[nH]c2nnc(C)n12.CCc1ccccc1Cl. The van der Waals surface area contributed by atoms with E-state index >= 15 is 0 Å². The third-order valence-corrected chi connectivity index (χ3v) is 3.86. The molecule has 0 spiro atoms. The molecule has 0 fully saturated rings. The summed E-state index contributed by atoms with van der Waals surface area (Å²) < 4.78 is 1.88. The van der Waals surface area contributed by atoms with E-state index < -0.39 is 0 Å². The van der Waals surface area contributed by atoms with Crippen molar-refractivity contribution < 1.29 is 0 Å². The first-order valence-electron chi connectivity index (χ1n) is 7.74. The standard InChI is InChI=1S/C9H12N4O.C8H9Cl/c1-3-4-7-5-8(14)10-9-12-11-6(2)13(7)9;1-2-7-5-3-4-6-8(7)9/h5H,3-4H2,1-2H3,(H,10,12,14);3-6H,2H2,1H3. The number of rotatable bonds is 3. The number of H-pyrrole nitrogens is 1. The van der Waals surface area contributed by atoms with Gasteiger partial charge in [-0.05, 0) is 31.4 Å². The minimum atomic E-state index is -0.117. The lowest BCUT2D eigenvalue weighted by molar-refractivity contribution is 0.830. The van der Waals surface area contributed by atoms with E-state index in [1.165, 1.54) is 5.56 Å². The van der Waals surface area contributed by atoms with Crippen LogP contribution in [0.3, 0.4) is 0 Å². The maximum atomic E-state index is 11.3. The summed E-state index contributed by atoms with van der Waals surface area (Å²) in [5.41, 5.74) is 2.07. The summed E-state index contributed by atoms with van der Waals surface area (Å²) in [6.45, 7) is 6.05. The van der Waals surface area contributed by atoms with Gasteiger partial charge in [0.2, 0.25) is 5.78 Å². The van der Waals surface area contributed by atoms with Crippen molar-refractivity contribution in [3.63, 3.8) is 0 Å². The number of aromatic amines is 1. The molecule has 0 bridgehead atoms. The number of hydrogen-bond donors (Lipinski definition) is 1. The molecule has 23 heavy (non-hydrogen) atoms. The van der Waals surface area contributed by atoms with Crippen molar-refractivity contribution in [2.75, 3.05) is 0 Å². The van der Waals surface area contributed by atoms with Crippen molar-refractivity contribution in [3.8, 4) is 0 Å². The molecule has 6 heteroatoms. The average molecular weight is 333 g/mol. The van der Waals surface area contributed by atoms with E-state index in [1.807, 2.05) is 35.6 Å². The number of nitrogens with zero attached hydrogens (tertiary/aromatic N) is 3. The fourth-order valence-corrected chi connectivity index (χ4v) is 2.64. The lowest BCUT2D eigenvalue weighted by Crippen LogP contribution is -2.12. The molecular formula is C17H21ClN4O. The van der Waals surface area contributed by atoms with Gasteiger partial charge in [-0.3, -0.25) is 14.2 Å². The Morgan fingerprint density at radius 2 is 1.96 bits per heavy atom. The summed E-state index contributed by atoms with van der Waals surface area (Å²) >= 11 is 5.82. The predicted molar refractivity (Wildman–Crippen MR) is 93.2 cm³/mol. The first-order valence-corrected chi connectivity index (χ1v) is 8.12. The van der Waals surface area contributed by atoms with Crippen molar-refractivity contribution >= 4 is 17.4 Å². The highest BCUT2D eigenvalue weighted by molar-refractivity contribution is 6.31. The molecule has 3 rings (SSSR count). The van der Waals surface area contributed by atoms with E-state index in [0.717, 1.165) is 35.8 Å². The van der Waals surface area contributed by atoms with Crippen LogP contribution in [0.25, 0.3) is 5.78 Å². The first-order chi connectivity index (χ1) is 11.1. The Hall–Kier alpha value is -2.14. The van der Waals surface area contributed by atoms with E-state index in [9.17, 15) is 4.79 Å². The van der Waals surface area contributed by atoms with E-state index in [-0.39, 0.29) is 5.56 Å². The molecule has 0 radical (unpaired) electrons. The van der Waals surface area contributed by atoms with E-state index in [4.69, 9.17) is 11.6 Å². The van der Waals surface area contributed by atoms with Crippen LogP contribution >= 0.6 is 11.6 Å². The lowest BCUT2D eigenvalue weighted by atomic mass is 10.2. The predicted octanol–water partition coefficient (Wildman–Crippen LogP) is 3.58. The van der Waals surface area contributed by atoms with Crippen molar-refractivity contribution in [1.82, 2.24) is 19.6 Å². The Balaban J connectivity index is 0.000000185. The summed E-state index contributed by atoms with van der Waals surface area (Å²) in [4.78, 5) is 13.9. The highest BCUT2D eigenvalue weighted by Crippen LogP contribution is 2.14. The van der Waals surface area contributed by atoms with Crippen molar-refractivity contribution in [2.24, 2.45) is 0 Å².